The summed E-state index contributed by atoms with van der Waals surface area (Å²) in [5.74, 6) is -0.450. The predicted octanol–water partition coefficient (Wildman–Crippen LogP) is 18.9. The maximum absolute atomic E-state index is 13.3. The third kappa shape index (κ3) is 50.8. The number of unbranched alkanes of at least 4 members (excludes halogenated alkanes) is 42. The number of allylic oxidation sites excluding steroid dienone is 2. The fourth-order valence-corrected chi connectivity index (χ4v) is 9.72. The van der Waals surface area contributed by atoms with Crippen molar-refractivity contribution in [2.45, 2.75) is 360 Å². The molecule has 0 saturated carbocycles. The first-order valence-corrected chi connectivity index (χ1v) is 30.4. The van der Waals surface area contributed by atoms with Crippen molar-refractivity contribution in [2.24, 2.45) is 0 Å². The molecule has 0 aromatic heterocycles. The fraction of sp³-hybridized carbons (Fsp3) is 0.934. The van der Waals surface area contributed by atoms with Crippen LogP contribution in [-0.4, -0.2) is 46.9 Å². The Morgan fingerprint density at radius 1 is 0.418 bits per heavy atom. The second-order valence-corrected chi connectivity index (χ2v) is 21.1. The monoisotopic (exact) mass is 946 g/mol. The van der Waals surface area contributed by atoms with Gasteiger partial charge in [-0.2, -0.15) is 0 Å². The zero-order valence-corrected chi connectivity index (χ0v) is 45.6. The molecule has 0 bridgehead atoms. The highest BCUT2D eigenvalue weighted by atomic mass is 16.5. The lowest BCUT2D eigenvalue weighted by molar-refractivity contribution is -0.151. The molecule has 0 radical (unpaired) electrons. The van der Waals surface area contributed by atoms with Crippen LogP contribution in [0.25, 0.3) is 0 Å². The molecule has 0 aromatic carbocycles. The highest BCUT2D eigenvalue weighted by molar-refractivity contribution is 5.77. The number of hydrogen-bond acceptors (Lipinski definition) is 5. The van der Waals surface area contributed by atoms with Gasteiger partial charge in [-0.15, -0.1) is 0 Å². The van der Waals surface area contributed by atoms with Crippen molar-refractivity contribution >= 4 is 11.9 Å². The van der Waals surface area contributed by atoms with Crippen molar-refractivity contribution in [2.75, 3.05) is 6.61 Å². The molecular formula is C61H119NO5. The van der Waals surface area contributed by atoms with E-state index in [0.29, 0.717) is 19.3 Å². The van der Waals surface area contributed by atoms with E-state index < -0.39 is 18.2 Å². The standard InChI is InChI=1S/C61H119NO5/c1-4-7-10-13-16-19-22-25-28-29-30-31-33-36-39-42-45-48-51-54-61(66)67-57(52-49-46-43-40-37-34-32-26-23-20-17-14-11-8-5-2)55-60(65)62-58(56-63)59(64)53-50-47-44-41-38-35-27-24-21-18-15-12-9-6-3/h25,28,57-59,63-64H,4-24,26-27,29-56H2,1-3H3,(H,62,65)/b28-25+. The predicted molar refractivity (Wildman–Crippen MR) is 292 cm³/mol. The molecule has 0 aliphatic rings. The summed E-state index contributed by atoms with van der Waals surface area (Å²) in [6.07, 6.45) is 64.2. The minimum Gasteiger partial charge on any atom is -0.462 e. The number of carbonyl (C=O) groups is 2. The molecule has 0 heterocycles. The summed E-state index contributed by atoms with van der Waals surface area (Å²) < 4.78 is 5.98. The Morgan fingerprint density at radius 3 is 1.06 bits per heavy atom. The minimum atomic E-state index is -0.783. The van der Waals surface area contributed by atoms with Gasteiger partial charge in [0.1, 0.15) is 6.10 Å². The lowest BCUT2D eigenvalue weighted by Crippen LogP contribution is -2.46. The van der Waals surface area contributed by atoms with E-state index in [2.05, 4.69) is 38.2 Å². The van der Waals surface area contributed by atoms with Crippen LogP contribution in [0.2, 0.25) is 0 Å². The van der Waals surface area contributed by atoms with Crippen LogP contribution < -0.4 is 5.32 Å². The summed E-state index contributed by atoms with van der Waals surface area (Å²) in [6, 6.07) is -0.696. The van der Waals surface area contributed by atoms with Crippen LogP contribution in [0.5, 0.6) is 0 Å². The maximum atomic E-state index is 13.3. The molecule has 398 valence electrons. The summed E-state index contributed by atoms with van der Waals surface area (Å²) in [7, 11) is 0. The zero-order valence-electron chi connectivity index (χ0n) is 45.6. The van der Waals surface area contributed by atoms with Gasteiger partial charge >= 0.3 is 5.97 Å². The first-order valence-electron chi connectivity index (χ1n) is 30.4. The van der Waals surface area contributed by atoms with E-state index in [1.54, 1.807) is 0 Å². The number of hydrogen-bond donors (Lipinski definition) is 3. The van der Waals surface area contributed by atoms with E-state index in [9.17, 15) is 19.8 Å². The van der Waals surface area contributed by atoms with Gasteiger partial charge < -0.3 is 20.3 Å². The first kappa shape index (κ1) is 65.6. The van der Waals surface area contributed by atoms with Crippen molar-refractivity contribution < 1.29 is 24.5 Å². The molecule has 0 fully saturated rings. The first-order chi connectivity index (χ1) is 33.0. The molecule has 1 amide bonds. The lowest BCUT2D eigenvalue weighted by Gasteiger charge is -2.24. The van der Waals surface area contributed by atoms with E-state index >= 15 is 0 Å². The Kier molecular flexibility index (Phi) is 54.4. The molecule has 3 N–H and O–H groups in total. The van der Waals surface area contributed by atoms with Crippen molar-refractivity contribution in [3.05, 3.63) is 12.2 Å². The average molecular weight is 947 g/mol. The normalized spacial score (nSPS) is 13.1. The summed E-state index contributed by atoms with van der Waals surface area (Å²) in [5.41, 5.74) is 0. The third-order valence-corrected chi connectivity index (χ3v) is 14.3. The number of aliphatic hydroxyl groups is 2. The molecular weight excluding hydrogens is 827 g/mol. The molecule has 0 rings (SSSR count). The van der Waals surface area contributed by atoms with Gasteiger partial charge in [0, 0.05) is 6.42 Å². The number of amides is 1. The molecule has 0 saturated heterocycles. The van der Waals surface area contributed by atoms with Gasteiger partial charge in [-0.05, 0) is 51.4 Å². The number of aliphatic hydroxyl groups excluding tert-OH is 2. The highest BCUT2D eigenvalue weighted by Gasteiger charge is 2.24. The quantitative estimate of drug-likeness (QED) is 0.0321. The van der Waals surface area contributed by atoms with Gasteiger partial charge in [0.2, 0.25) is 5.91 Å². The molecule has 3 unspecified atom stereocenters. The summed E-state index contributed by atoms with van der Waals surface area (Å²) in [4.78, 5) is 26.3. The number of ether oxygens (including phenoxy) is 1. The second-order valence-electron chi connectivity index (χ2n) is 21.1. The zero-order chi connectivity index (χ0) is 48.8. The molecule has 67 heavy (non-hydrogen) atoms. The van der Waals surface area contributed by atoms with Crippen LogP contribution in [0.3, 0.4) is 0 Å². The summed E-state index contributed by atoms with van der Waals surface area (Å²) in [5, 5.41) is 23.9. The van der Waals surface area contributed by atoms with Gasteiger partial charge in [-0.3, -0.25) is 9.59 Å². The molecule has 6 heteroatoms. The Bertz CT molecular complexity index is 1020. The maximum Gasteiger partial charge on any atom is 0.306 e. The van der Waals surface area contributed by atoms with Crippen molar-refractivity contribution in [1.82, 2.24) is 5.32 Å². The number of nitrogens with one attached hydrogen (secondary N) is 1. The number of esters is 1. The topological polar surface area (TPSA) is 95.9 Å². The summed E-state index contributed by atoms with van der Waals surface area (Å²) in [6.45, 7) is 6.53. The number of rotatable bonds is 56. The molecule has 0 aromatic rings. The largest absolute Gasteiger partial charge is 0.462 e. The van der Waals surface area contributed by atoms with Crippen LogP contribution >= 0.6 is 0 Å². The Labute approximate surface area is 419 Å². The fourth-order valence-electron chi connectivity index (χ4n) is 9.72. The molecule has 3 atom stereocenters. The van der Waals surface area contributed by atoms with Crippen LogP contribution in [0.4, 0.5) is 0 Å². The van der Waals surface area contributed by atoms with Gasteiger partial charge in [0.25, 0.3) is 0 Å². The lowest BCUT2D eigenvalue weighted by atomic mass is 10.0. The van der Waals surface area contributed by atoms with Gasteiger partial charge in [0.05, 0.1) is 25.2 Å². The average Bonchev–Trinajstić information content (AvgIpc) is 3.32. The van der Waals surface area contributed by atoms with Crippen molar-refractivity contribution in [1.29, 1.82) is 0 Å². The molecule has 0 aliphatic carbocycles. The molecule has 6 nitrogen and oxygen atoms in total. The van der Waals surface area contributed by atoms with Crippen molar-refractivity contribution in [3.63, 3.8) is 0 Å². The Balaban J connectivity index is 4.48. The Morgan fingerprint density at radius 2 is 0.716 bits per heavy atom. The van der Waals surface area contributed by atoms with Gasteiger partial charge in [-0.25, -0.2) is 0 Å². The van der Waals surface area contributed by atoms with Crippen LogP contribution in [0.1, 0.15) is 342 Å². The van der Waals surface area contributed by atoms with Crippen LogP contribution in [0.15, 0.2) is 12.2 Å². The van der Waals surface area contributed by atoms with Gasteiger partial charge in [0.15, 0.2) is 0 Å². The van der Waals surface area contributed by atoms with Crippen LogP contribution in [0, 0.1) is 0 Å². The number of carbonyl (C=O) groups excluding carboxylic acids is 2. The Hall–Kier alpha value is -1.40. The SMILES string of the molecule is CCCCCCCC/C=C/CCCCCCCCCCCC(=O)OC(CCCCCCCCCCCCCCCCC)CC(=O)NC(CO)C(O)CCCCCCCCCCCCCCCC. The van der Waals surface area contributed by atoms with E-state index in [4.69, 9.17) is 4.74 Å². The highest BCUT2D eigenvalue weighted by Crippen LogP contribution is 2.19. The van der Waals surface area contributed by atoms with E-state index in [0.717, 1.165) is 44.9 Å². The van der Waals surface area contributed by atoms with Crippen LogP contribution in [-0.2, 0) is 14.3 Å². The van der Waals surface area contributed by atoms with E-state index in [1.807, 2.05) is 0 Å². The molecule has 0 spiro atoms. The second kappa shape index (κ2) is 55.5. The van der Waals surface area contributed by atoms with E-state index in [1.165, 1.54) is 250 Å². The smallest absolute Gasteiger partial charge is 0.306 e. The van der Waals surface area contributed by atoms with E-state index in [-0.39, 0.29) is 24.9 Å². The third-order valence-electron chi connectivity index (χ3n) is 14.3. The molecule has 0 aliphatic heterocycles. The minimum absolute atomic E-state index is 0.0852. The van der Waals surface area contributed by atoms with Crippen molar-refractivity contribution in [3.8, 4) is 0 Å². The summed E-state index contributed by atoms with van der Waals surface area (Å²) >= 11 is 0. The van der Waals surface area contributed by atoms with Gasteiger partial charge in [-0.1, -0.05) is 290 Å².